The molecule has 1 aliphatic heterocycles. The average molecular weight is 385 g/mol. The molecular formula is C19H19N3O4S. The number of H-pyrrole nitrogens is 1. The van der Waals surface area contributed by atoms with Crippen LogP contribution in [0.1, 0.15) is 10.4 Å². The summed E-state index contributed by atoms with van der Waals surface area (Å²) in [5.74, 6) is -0.119. The van der Waals surface area contributed by atoms with E-state index in [1.807, 2.05) is 12.1 Å². The number of carbonyl (C=O) groups excluding carboxylic acids is 1. The standard InChI is InChI=1S/C19H19N3O4S/c23-19(22-10-12-26-13-11-22)15-4-6-16(7-5-15)27(24,25)21-17-3-1-2-14-8-9-20-18(14)17/h1-9,20-21H,10-13H2. The number of aromatic nitrogens is 1. The molecule has 1 amide bonds. The van der Waals surface area contributed by atoms with Crippen molar-refractivity contribution in [1.82, 2.24) is 9.88 Å². The number of sulfonamides is 1. The number of anilines is 1. The number of aromatic amines is 1. The van der Waals surface area contributed by atoms with Gasteiger partial charge in [0, 0.05) is 30.2 Å². The number of morpholine rings is 1. The van der Waals surface area contributed by atoms with Crippen molar-refractivity contribution in [3.63, 3.8) is 0 Å². The van der Waals surface area contributed by atoms with Gasteiger partial charge in [0.15, 0.2) is 0 Å². The molecule has 2 heterocycles. The number of para-hydroxylation sites is 1. The van der Waals surface area contributed by atoms with Crippen molar-refractivity contribution in [2.75, 3.05) is 31.0 Å². The minimum absolute atomic E-state index is 0.101. The van der Waals surface area contributed by atoms with Gasteiger partial charge in [-0.2, -0.15) is 0 Å². The molecule has 0 saturated carbocycles. The number of ether oxygens (including phenoxy) is 1. The molecule has 0 aliphatic carbocycles. The number of carbonyl (C=O) groups is 1. The van der Waals surface area contributed by atoms with Crippen LogP contribution in [0.2, 0.25) is 0 Å². The van der Waals surface area contributed by atoms with Crippen molar-refractivity contribution >= 4 is 32.5 Å². The molecule has 4 rings (SSSR count). The lowest BCUT2D eigenvalue weighted by Crippen LogP contribution is -2.40. The summed E-state index contributed by atoms with van der Waals surface area (Å²) in [5.41, 5.74) is 1.66. The van der Waals surface area contributed by atoms with Gasteiger partial charge in [0.1, 0.15) is 0 Å². The summed E-state index contributed by atoms with van der Waals surface area (Å²) < 4.78 is 33.3. The third-order valence-electron chi connectivity index (χ3n) is 4.54. The summed E-state index contributed by atoms with van der Waals surface area (Å²) in [4.78, 5) is 17.3. The van der Waals surface area contributed by atoms with Crippen LogP contribution in [0.4, 0.5) is 5.69 Å². The molecule has 0 bridgehead atoms. The predicted molar refractivity (Wildman–Crippen MR) is 102 cm³/mol. The average Bonchev–Trinajstić information content (AvgIpc) is 3.18. The summed E-state index contributed by atoms with van der Waals surface area (Å²) in [6.45, 7) is 2.13. The monoisotopic (exact) mass is 385 g/mol. The van der Waals surface area contributed by atoms with E-state index in [4.69, 9.17) is 4.74 Å². The van der Waals surface area contributed by atoms with E-state index in [0.717, 1.165) is 10.9 Å². The minimum atomic E-state index is -3.76. The van der Waals surface area contributed by atoms with Crippen molar-refractivity contribution < 1.29 is 17.9 Å². The first-order chi connectivity index (χ1) is 13.0. The molecule has 1 aromatic heterocycles. The second-order valence-electron chi connectivity index (χ2n) is 6.28. The van der Waals surface area contributed by atoms with Crippen LogP contribution in [-0.4, -0.2) is 50.5 Å². The number of amides is 1. The van der Waals surface area contributed by atoms with E-state index in [2.05, 4.69) is 9.71 Å². The lowest BCUT2D eigenvalue weighted by Gasteiger charge is -2.26. The highest BCUT2D eigenvalue weighted by Crippen LogP contribution is 2.24. The summed E-state index contributed by atoms with van der Waals surface area (Å²) in [6, 6.07) is 13.2. The minimum Gasteiger partial charge on any atom is -0.378 e. The zero-order valence-electron chi connectivity index (χ0n) is 14.5. The molecule has 0 unspecified atom stereocenters. The van der Waals surface area contributed by atoms with Crippen molar-refractivity contribution in [3.8, 4) is 0 Å². The van der Waals surface area contributed by atoms with Crippen LogP contribution in [0.3, 0.4) is 0 Å². The summed E-state index contributed by atoms with van der Waals surface area (Å²) >= 11 is 0. The summed E-state index contributed by atoms with van der Waals surface area (Å²) in [5, 5.41) is 0.918. The number of benzene rings is 2. The predicted octanol–water partition coefficient (Wildman–Crippen LogP) is 2.44. The van der Waals surface area contributed by atoms with E-state index in [0.29, 0.717) is 37.6 Å². The van der Waals surface area contributed by atoms with Gasteiger partial charge in [0.05, 0.1) is 29.3 Å². The Balaban J connectivity index is 1.55. The van der Waals surface area contributed by atoms with Crippen LogP contribution < -0.4 is 4.72 Å². The Bertz CT molecular complexity index is 1070. The van der Waals surface area contributed by atoms with Crippen molar-refractivity contribution in [1.29, 1.82) is 0 Å². The fourth-order valence-corrected chi connectivity index (χ4v) is 4.17. The Morgan fingerprint density at radius 1 is 1.04 bits per heavy atom. The topological polar surface area (TPSA) is 91.5 Å². The van der Waals surface area contributed by atoms with Crippen molar-refractivity contribution in [3.05, 3.63) is 60.3 Å². The highest BCUT2D eigenvalue weighted by atomic mass is 32.2. The molecule has 7 nitrogen and oxygen atoms in total. The maximum atomic E-state index is 12.7. The second-order valence-corrected chi connectivity index (χ2v) is 7.96. The molecule has 0 atom stereocenters. The Morgan fingerprint density at radius 3 is 2.52 bits per heavy atom. The summed E-state index contributed by atoms with van der Waals surface area (Å²) in [6.07, 6.45) is 1.76. The molecule has 1 aliphatic rings. The maximum absolute atomic E-state index is 12.7. The normalized spacial score (nSPS) is 15.0. The SMILES string of the molecule is O=C(c1ccc(S(=O)(=O)Nc2cccc3cc[nH]c23)cc1)N1CCOCC1. The Labute approximate surface area is 157 Å². The zero-order chi connectivity index (χ0) is 18.9. The molecule has 0 radical (unpaired) electrons. The number of rotatable bonds is 4. The van der Waals surface area contributed by atoms with Gasteiger partial charge in [-0.05, 0) is 36.4 Å². The molecule has 3 aromatic rings. The Kier molecular flexibility index (Phi) is 4.59. The Hall–Kier alpha value is -2.84. The number of hydrogen-bond donors (Lipinski definition) is 2. The largest absolute Gasteiger partial charge is 0.378 e. The first-order valence-corrected chi connectivity index (χ1v) is 10.1. The molecule has 0 spiro atoms. The van der Waals surface area contributed by atoms with Crippen molar-refractivity contribution in [2.45, 2.75) is 4.90 Å². The molecule has 140 valence electrons. The fraction of sp³-hybridized carbons (Fsp3) is 0.211. The quantitative estimate of drug-likeness (QED) is 0.722. The molecule has 1 saturated heterocycles. The number of fused-ring (bicyclic) bond motifs is 1. The smallest absolute Gasteiger partial charge is 0.261 e. The molecule has 1 fully saturated rings. The van der Waals surface area contributed by atoms with Crippen LogP contribution in [0, 0.1) is 0 Å². The third-order valence-corrected chi connectivity index (χ3v) is 5.92. The van der Waals surface area contributed by atoms with E-state index in [-0.39, 0.29) is 10.8 Å². The van der Waals surface area contributed by atoms with E-state index < -0.39 is 10.0 Å². The van der Waals surface area contributed by atoms with Crippen LogP contribution in [0.15, 0.2) is 59.6 Å². The first-order valence-electron chi connectivity index (χ1n) is 8.61. The van der Waals surface area contributed by atoms with E-state index >= 15 is 0 Å². The van der Waals surface area contributed by atoms with Gasteiger partial charge in [-0.1, -0.05) is 12.1 Å². The van der Waals surface area contributed by atoms with E-state index in [9.17, 15) is 13.2 Å². The molecule has 2 aromatic carbocycles. The molecule has 27 heavy (non-hydrogen) atoms. The van der Waals surface area contributed by atoms with E-state index in [1.165, 1.54) is 12.1 Å². The highest BCUT2D eigenvalue weighted by molar-refractivity contribution is 7.92. The van der Waals surface area contributed by atoms with Gasteiger partial charge in [-0.3, -0.25) is 9.52 Å². The van der Waals surface area contributed by atoms with Crippen LogP contribution in [0.5, 0.6) is 0 Å². The first kappa shape index (κ1) is 17.6. The highest BCUT2D eigenvalue weighted by Gasteiger charge is 2.20. The maximum Gasteiger partial charge on any atom is 0.261 e. The van der Waals surface area contributed by atoms with Gasteiger partial charge in [-0.15, -0.1) is 0 Å². The van der Waals surface area contributed by atoms with Crippen LogP contribution >= 0.6 is 0 Å². The van der Waals surface area contributed by atoms with Gasteiger partial charge in [-0.25, -0.2) is 8.42 Å². The molecule has 8 heteroatoms. The van der Waals surface area contributed by atoms with Gasteiger partial charge in [0.25, 0.3) is 15.9 Å². The van der Waals surface area contributed by atoms with Crippen LogP contribution in [0.25, 0.3) is 10.9 Å². The van der Waals surface area contributed by atoms with Gasteiger partial charge < -0.3 is 14.6 Å². The lowest BCUT2D eigenvalue weighted by molar-refractivity contribution is 0.0303. The zero-order valence-corrected chi connectivity index (χ0v) is 15.3. The van der Waals surface area contributed by atoms with Gasteiger partial charge in [0.2, 0.25) is 0 Å². The number of hydrogen-bond acceptors (Lipinski definition) is 4. The Morgan fingerprint density at radius 2 is 1.78 bits per heavy atom. The van der Waals surface area contributed by atoms with E-state index in [1.54, 1.807) is 35.4 Å². The second kappa shape index (κ2) is 7.05. The molecular weight excluding hydrogens is 366 g/mol. The third kappa shape index (κ3) is 3.54. The lowest BCUT2D eigenvalue weighted by atomic mass is 10.2. The number of nitrogens with zero attached hydrogens (tertiary/aromatic N) is 1. The number of nitrogens with one attached hydrogen (secondary N) is 2. The van der Waals surface area contributed by atoms with Crippen molar-refractivity contribution in [2.24, 2.45) is 0 Å². The fourth-order valence-electron chi connectivity index (χ4n) is 3.10. The van der Waals surface area contributed by atoms with Crippen LogP contribution in [-0.2, 0) is 14.8 Å². The summed E-state index contributed by atoms with van der Waals surface area (Å²) in [7, 11) is -3.76. The molecule has 2 N–H and O–H groups in total. The van der Waals surface area contributed by atoms with Gasteiger partial charge >= 0.3 is 0 Å².